The smallest absolute Gasteiger partial charge is 0.338 e. The Kier molecular flexibility index (Phi) is 5.52. The minimum absolute atomic E-state index is 0.383. The van der Waals surface area contributed by atoms with Crippen LogP contribution in [0.25, 0.3) is 12.2 Å². The molecule has 0 spiro atoms. The lowest BCUT2D eigenvalue weighted by Gasteiger charge is -1.96. The van der Waals surface area contributed by atoms with Gasteiger partial charge in [0, 0.05) is 12.2 Å². The van der Waals surface area contributed by atoms with Crippen LogP contribution < -0.4 is 0 Å². The van der Waals surface area contributed by atoms with Crippen molar-refractivity contribution >= 4 is 24.1 Å². The van der Waals surface area contributed by atoms with Crippen molar-refractivity contribution in [1.29, 1.82) is 0 Å². The summed E-state index contributed by atoms with van der Waals surface area (Å²) in [5, 5.41) is 0. The summed E-state index contributed by atoms with van der Waals surface area (Å²) in [5.41, 5.74) is 1.19. The van der Waals surface area contributed by atoms with E-state index < -0.39 is 11.9 Å². The predicted molar refractivity (Wildman–Crippen MR) is 82.0 cm³/mol. The molecule has 0 radical (unpaired) electrons. The fraction of sp³-hybridized carbons (Fsp3) is 0. The number of rotatable bonds is 4. The van der Waals surface area contributed by atoms with Crippen LogP contribution in [0, 0.1) is 11.6 Å². The zero-order valence-electron chi connectivity index (χ0n) is 11.9. The van der Waals surface area contributed by atoms with Crippen molar-refractivity contribution in [1.82, 2.24) is 0 Å². The summed E-state index contributed by atoms with van der Waals surface area (Å²) in [7, 11) is 0. The van der Waals surface area contributed by atoms with E-state index in [4.69, 9.17) is 0 Å². The molecular weight excluding hydrogens is 302 g/mol. The summed E-state index contributed by atoms with van der Waals surface area (Å²) >= 11 is 0. The van der Waals surface area contributed by atoms with E-state index in [9.17, 15) is 18.4 Å². The summed E-state index contributed by atoms with van der Waals surface area (Å²) < 4.78 is 30.0. The Morgan fingerprint density at radius 1 is 0.696 bits per heavy atom. The van der Waals surface area contributed by atoms with E-state index >= 15 is 0 Å². The van der Waals surface area contributed by atoms with E-state index in [1.807, 2.05) is 0 Å². The zero-order valence-corrected chi connectivity index (χ0v) is 11.9. The highest BCUT2D eigenvalue weighted by atomic mass is 19.1. The average Bonchev–Trinajstić information content (AvgIpc) is 2.54. The van der Waals surface area contributed by atoms with Gasteiger partial charge in [0.25, 0.3) is 0 Å². The van der Waals surface area contributed by atoms with Crippen LogP contribution in [0.4, 0.5) is 8.78 Å². The Hall–Kier alpha value is -3.08. The molecule has 0 fully saturated rings. The van der Waals surface area contributed by atoms with Crippen LogP contribution in [-0.4, -0.2) is 11.9 Å². The maximum atomic E-state index is 12.7. The lowest BCUT2D eigenvalue weighted by Crippen LogP contribution is -2.06. The molecule has 0 bridgehead atoms. The van der Waals surface area contributed by atoms with Crippen LogP contribution >= 0.6 is 0 Å². The van der Waals surface area contributed by atoms with Crippen molar-refractivity contribution in [2.24, 2.45) is 0 Å². The Labute approximate surface area is 131 Å². The predicted octanol–water partition coefficient (Wildman–Crippen LogP) is 3.76. The second-order valence-corrected chi connectivity index (χ2v) is 4.51. The number of hydrogen-bond acceptors (Lipinski definition) is 3. The van der Waals surface area contributed by atoms with Crippen molar-refractivity contribution in [3.63, 3.8) is 0 Å². The Balaban J connectivity index is 1.88. The number of halogens is 2. The van der Waals surface area contributed by atoms with Crippen molar-refractivity contribution in [3.8, 4) is 0 Å². The summed E-state index contributed by atoms with van der Waals surface area (Å²) in [6, 6.07) is 10.9. The van der Waals surface area contributed by atoms with Crippen LogP contribution in [0.1, 0.15) is 11.1 Å². The summed E-state index contributed by atoms with van der Waals surface area (Å²) in [6.07, 6.45) is 4.94. The van der Waals surface area contributed by atoms with Gasteiger partial charge >= 0.3 is 11.9 Å². The first-order chi connectivity index (χ1) is 11.0. The van der Waals surface area contributed by atoms with Crippen molar-refractivity contribution in [3.05, 3.63) is 83.4 Å². The third kappa shape index (κ3) is 5.67. The maximum absolute atomic E-state index is 12.7. The number of carbonyl (C=O) groups is 2. The molecule has 23 heavy (non-hydrogen) atoms. The molecule has 0 heterocycles. The topological polar surface area (TPSA) is 43.4 Å². The summed E-state index contributed by atoms with van der Waals surface area (Å²) in [5.74, 6) is -2.46. The standard InChI is InChI=1S/C18H12F2O3/c19-15-7-1-13(2-8-15)5-11-17(21)23-18(22)12-6-14-3-9-16(20)10-4-14/h1-12H. The Morgan fingerprint density at radius 2 is 1.04 bits per heavy atom. The molecule has 0 saturated heterocycles. The van der Waals surface area contributed by atoms with Gasteiger partial charge in [-0.1, -0.05) is 24.3 Å². The van der Waals surface area contributed by atoms with Crippen LogP contribution in [0.3, 0.4) is 0 Å². The first kappa shape index (κ1) is 16.3. The fourth-order valence-electron chi connectivity index (χ4n) is 1.64. The minimum Gasteiger partial charge on any atom is -0.387 e. The van der Waals surface area contributed by atoms with Gasteiger partial charge in [0.1, 0.15) is 11.6 Å². The highest BCUT2D eigenvalue weighted by Crippen LogP contribution is 2.06. The van der Waals surface area contributed by atoms with Crippen molar-refractivity contribution in [2.75, 3.05) is 0 Å². The normalized spacial score (nSPS) is 11.0. The molecule has 2 rings (SSSR count). The first-order valence-corrected chi connectivity index (χ1v) is 6.66. The van der Waals surface area contributed by atoms with Gasteiger partial charge in [-0.2, -0.15) is 0 Å². The third-order valence-corrected chi connectivity index (χ3v) is 2.76. The molecule has 2 aromatic carbocycles. The van der Waals surface area contributed by atoms with E-state index in [1.54, 1.807) is 0 Å². The molecule has 0 aliphatic rings. The Bertz CT molecular complexity index is 679. The van der Waals surface area contributed by atoms with Crippen LogP contribution in [0.15, 0.2) is 60.7 Å². The number of ether oxygens (including phenoxy) is 1. The number of esters is 2. The van der Waals surface area contributed by atoms with Gasteiger partial charge < -0.3 is 4.74 Å². The highest BCUT2D eigenvalue weighted by Gasteiger charge is 2.03. The lowest BCUT2D eigenvalue weighted by molar-refractivity contribution is -0.152. The average molecular weight is 314 g/mol. The molecule has 2 aromatic rings. The van der Waals surface area contributed by atoms with Gasteiger partial charge in [0.05, 0.1) is 0 Å². The zero-order chi connectivity index (χ0) is 16.7. The molecule has 3 nitrogen and oxygen atoms in total. The molecule has 0 aromatic heterocycles. The van der Waals surface area contributed by atoms with Gasteiger partial charge in [-0.05, 0) is 47.5 Å². The Morgan fingerprint density at radius 3 is 1.39 bits per heavy atom. The first-order valence-electron chi connectivity index (χ1n) is 6.66. The molecule has 0 N–H and O–H groups in total. The molecule has 0 aliphatic carbocycles. The highest BCUT2D eigenvalue weighted by molar-refractivity contribution is 5.99. The van der Waals surface area contributed by atoms with E-state index in [0.717, 1.165) is 12.2 Å². The third-order valence-electron chi connectivity index (χ3n) is 2.76. The van der Waals surface area contributed by atoms with E-state index in [0.29, 0.717) is 11.1 Å². The van der Waals surface area contributed by atoms with Gasteiger partial charge in [0.15, 0.2) is 0 Å². The number of benzene rings is 2. The monoisotopic (exact) mass is 314 g/mol. The van der Waals surface area contributed by atoms with E-state index in [1.165, 1.54) is 60.7 Å². The van der Waals surface area contributed by atoms with Crippen LogP contribution in [-0.2, 0) is 14.3 Å². The number of carbonyl (C=O) groups excluding carboxylic acids is 2. The SMILES string of the molecule is O=C(C=Cc1ccc(F)cc1)OC(=O)C=Cc1ccc(F)cc1. The molecule has 5 heteroatoms. The largest absolute Gasteiger partial charge is 0.387 e. The van der Waals surface area contributed by atoms with Gasteiger partial charge in [0.2, 0.25) is 0 Å². The molecule has 0 unspecified atom stereocenters. The summed E-state index contributed by atoms with van der Waals surface area (Å²) in [4.78, 5) is 22.9. The summed E-state index contributed by atoms with van der Waals surface area (Å²) in [6.45, 7) is 0. The molecule has 116 valence electrons. The van der Waals surface area contributed by atoms with Crippen LogP contribution in [0.2, 0.25) is 0 Å². The van der Waals surface area contributed by atoms with Gasteiger partial charge in [-0.25, -0.2) is 18.4 Å². The van der Waals surface area contributed by atoms with Crippen molar-refractivity contribution < 1.29 is 23.1 Å². The quantitative estimate of drug-likeness (QED) is 0.490. The van der Waals surface area contributed by atoms with Crippen molar-refractivity contribution in [2.45, 2.75) is 0 Å². The number of hydrogen-bond donors (Lipinski definition) is 0. The van der Waals surface area contributed by atoms with E-state index in [2.05, 4.69) is 4.74 Å². The lowest BCUT2D eigenvalue weighted by atomic mass is 10.2. The van der Waals surface area contributed by atoms with Gasteiger partial charge in [-0.15, -0.1) is 0 Å². The molecule has 0 aliphatic heterocycles. The molecular formula is C18H12F2O3. The fourth-order valence-corrected chi connectivity index (χ4v) is 1.64. The molecule has 0 amide bonds. The minimum atomic E-state index is -0.844. The van der Waals surface area contributed by atoms with Gasteiger partial charge in [-0.3, -0.25) is 0 Å². The second-order valence-electron chi connectivity index (χ2n) is 4.51. The molecule has 0 atom stereocenters. The molecule has 0 saturated carbocycles. The van der Waals surface area contributed by atoms with E-state index in [-0.39, 0.29) is 11.6 Å². The second kappa shape index (κ2) is 7.79. The maximum Gasteiger partial charge on any atom is 0.338 e. The van der Waals surface area contributed by atoms with Crippen LogP contribution in [0.5, 0.6) is 0 Å².